The van der Waals surface area contributed by atoms with Crippen LogP contribution in [-0.4, -0.2) is 51.4 Å². The SMILES string of the molecule is Cc1ccnc(C(NC(=O)C(C)N2CCSCC2)C2CC2)n1. The average Bonchev–Trinajstić information content (AvgIpc) is 3.37. The fraction of sp³-hybridized carbons (Fsp3) is 0.688. The normalized spacial score (nSPS) is 22.1. The first-order valence-electron chi connectivity index (χ1n) is 8.07. The Bertz CT molecular complexity index is 529. The second kappa shape index (κ2) is 6.96. The van der Waals surface area contributed by atoms with Gasteiger partial charge in [-0.2, -0.15) is 11.8 Å². The molecule has 0 radical (unpaired) electrons. The van der Waals surface area contributed by atoms with E-state index in [1.54, 1.807) is 6.20 Å². The molecular weight excluding hydrogens is 296 g/mol. The summed E-state index contributed by atoms with van der Waals surface area (Å²) in [5.74, 6) is 3.59. The van der Waals surface area contributed by atoms with Crippen LogP contribution in [0.4, 0.5) is 0 Å². The largest absolute Gasteiger partial charge is 0.344 e. The van der Waals surface area contributed by atoms with Crippen molar-refractivity contribution in [2.75, 3.05) is 24.6 Å². The van der Waals surface area contributed by atoms with Crippen molar-refractivity contribution < 1.29 is 4.79 Å². The second-order valence-corrected chi connectivity index (χ2v) is 7.43. The van der Waals surface area contributed by atoms with Gasteiger partial charge >= 0.3 is 0 Å². The van der Waals surface area contributed by atoms with Gasteiger partial charge in [-0.05, 0) is 38.7 Å². The molecule has 1 saturated carbocycles. The molecule has 2 fully saturated rings. The van der Waals surface area contributed by atoms with Crippen LogP contribution in [0.1, 0.15) is 37.3 Å². The van der Waals surface area contributed by atoms with E-state index in [9.17, 15) is 4.79 Å². The first-order chi connectivity index (χ1) is 10.6. The van der Waals surface area contributed by atoms with E-state index in [1.807, 2.05) is 31.7 Å². The van der Waals surface area contributed by atoms with Crippen LogP contribution in [0.15, 0.2) is 12.3 Å². The Morgan fingerprint density at radius 1 is 1.41 bits per heavy atom. The second-order valence-electron chi connectivity index (χ2n) is 6.20. The standard InChI is InChI=1S/C16H24N4OS/c1-11-5-6-17-15(18-11)14(13-3-4-13)19-16(21)12(2)20-7-9-22-10-8-20/h5-6,12-14H,3-4,7-10H2,1-2H3,(H,19,21). The third-order valence-corrected chi connectivity index (χ3v) is 5.40. The lowest BCUT2D eigenvalue weighted by atomic mass is 10.1. The van der Waals surface area contributed by atoms with Crippen LogP contribution < -0.4 is 5.32 Å². The maximum absolute atomic E-state index is 12.6. The first-order valence-corrected chi connectivity index (χ1v) is 9.22. The zero-order chi connectivity index (χ0) is 15.5. The van der Waals surface area contributed by atoms with Crippen molar-refractivity contribution in [1.82, 2.24) is 20.2 Å². The minimum absolute atomic E-state index is 0.0333. The van der Waals surface area contributed by atoms with Gasteiger partial charge in [-0.15, -0.1) is 0 Å². The zero-order valence-electron chi connectivity index (χ0n) is 13.3. The summed E-state index contributed by atoms with van der Waals surface area (Å²) in [6, 6.07) is 1.78. The monoisotopic (exact) mass is 320 g/mol. The van der Waals surface area contributed by atoms with Crippen molar-refractivity contribution in [3.8, 4) is 0 Å². The lowest BCUT2D eigenvalue weighted by Gasteiger charge is -2.32. The number of hydrogen-bond acceptors (Lipinski definition) is 5. The van der Waals surface area contributed by atoms with Gasteiger partial charge in [0.05, 0.1) is 12.1 Å². The molecule has 3 rings (SSSR count). The lowest BCUT2D eigenvalue weighted by Crippen LogP contribution is -2.49. The predicted octanol–water partition coefficient (Wildman–Crippen LogP) is 1.79. The van der Waals surface area contributed by atoms with E-state index in [2.05, 4.69) is 20.2 Å². The van der Waals surface area contributed by atoms with Gasteiger partial charge in [0.2, 0.25) is 5.91 Å². The number of amides is 1. The van der Waals surface area contributed by atoms with E-state index in [0.717, 1.165) is 49.0 Å². The van der Waals surface area contributed by atoms with Crippen molar-refractivity contribution in [3.63, 3.8) is 0 Å². The summed E-state index contributed by atoms with van der Waals surface area (Å²) in [6.07, 6.45) is 4.08. The quantitative estimate of drug-likeness (QED) is 0.896. The molecule has 2 heterocycles. The molecule has 6 heteroatoms. The van der Waals surface area contributed by atoms with E-state index in [0.29, 0.717) is 5.92 Å². The Morgan fingerprint density at radius 2 is 2.14 bits per heavy atom. The van der Waals surface area contributed by atoms with Crippen LogP contribution in [0.5, 0.6) is 0 Å². The first kappa shape index (κ1) is 15.7. The van der Waals surface area contributed by atoms with Crippen molar-refractivity contribution >= 4 is 17.7 Å². The van der Waals surface area contributed by atoms with E-state index in [1.165, 1.54) is 0 Å². The molecule has 0 spiro atoms. The highest BCUT2D eigenvalue weighted by Crippen LogP contribution is 2.40. The number of aromatic nitrogens is 2. The molecule has 1 aromatic rings. The molecule has 1 aromatic heterocycles. The number of carbonyl (C=O) groups is 1. The average molecular weight is 320 g/mol. The van der Waals surface area contributed by atoms with Crippen LogP contribution in [0, 0.1) is 12.8 Å². The van der Waals surface area contributed by atoms with Gasteiger partial charge in [0, 0.05) is 36.5 Å². The van der Waals surface area contributed by atoms with Gasteiger partial charge in [-0.3, -0.25) is 9.69 Å². The molecule has 120 valence electrons. The molecule has 5 nitrogen and oxygen atoms in total. The van der Waals surface area contributed by atoms with Gasteiger partial charge in [-0.1, -0.05) is 0 Å². The van der Waals surface area contributed by atoms with Crippen LogP contribution in [0.2, 0.25) is 0 Å². The lowest BCUT2D eigenvalue weighted by molar-refractivity contribution is -0.126. The van der Waals surface area contributed by atoms with E-state index >= 15 is 0 Å². The highest BCUT2D eigenvalue weighted by atomic mass is 32.2. The van der Waals surface area contributed by atoms with Gasteiger partial charge in [0.15, 0.2) is 5.82 Å². The Labute approximate surface area is 136 Å². The number of thioether (sulfide) groups is 1. The minimum Gasteiger partial charge on any atom is -0.344 e. The summed E-state index contributed by atoms with van der Waals surface area (Å²) in [5.41, 5.74) is 0.950. The highest BCUT2D eigenvalue weighted by molar-refractivity contribution is 7.99. The Balaban J connectivity index is 1.67. The number of rotatable bonds is 5. The van der Waals surface area contributed by atoms with E-state index in [4.69, 9.17) is 0 Å². The van der Waals surface area contributed by atoms with Crippen molar-refractivity contribution in [1.29, 1.82) is 0 Å². The minimum atomic E-state index is -0.0769. The summed E-state index contributed by atoms with van der Waals surface area (Å²) in [6.45, 7) is 5.96. The molecule has 1 N–H and O–H groups in total. The molecule has 0 aromatic carbocycles. The number of nitrogens with one attached hydrogen (secondary N) is 1. The van der Waals surface area contributed by atoms with Crippen LogP contribution in [0.3, 0.4) is 0 Å². The van der Waals surface area contributed by atoms with Gasteiger partial charge in [0.1, 0.15) is 0 Å². The molecule has 1 aliphatic carbocycles. The van der Waals surface area contributed by atoms with Crippen molar-refractivity contribution in [3.05, 3.63) is 23.8 Å². The number of hydrogen-bond donors (Lipinski definition) is 1. The third-order valence-electron chi connectivity index (χ3n) is 4.46. The maximum atomic E-state index is 12.6. The zero-order valence-corrected chi connectivity index (χ0v) is 14.1. The maximum Gasteiger partial charge on any atom is 0.237 e. The Morgan fingerprint density at radius 3 is 2.77 bits per heavy atom. The number of carbonyl (C=O) groups excluding carboxylic acids is 1. The molecule has 1 saturated heterocycles. The summed E-state index contributed by atoms with van der Waals surface area (Å²) in [5, 5.41) is 3.21. The Kier molecular flexibility index (Phi) is 4.98. The summed E-state index contributed by atoms with van der Waals surface area (Å²) in [7, 11) is 0. The fourth-order valence-electron chi connectivity index (χ4n) is 2.85. The molecule has 1 aliphatic heterocycles. The van der Waals surface area contributed by atoms with Gasteiger partial charge in [0.25, 0.3) is 0 Å². The molecule has 2 atom stereocenters. The van der Waals surface area contributed by atoms with Gasteiger partial charge < -0.3 is 5.32 Å². The molecule has 1 amide bonds. The van der Waals surface area contributed by atoms with Gasteiger partial charge in [-0.25, -0.2) is 9.97 Å². The van der Waals surface area contributed by atoms with Crippen LogP contribution in [0.25, 0.3) is 0 Å². The molecule has 22 heavy (non-hydrogen) atoms. The van der Waals surface area contributed by atoms with Crippen LogP contribution in [-0.2, 0) is 4.79 Å². The van der Waals surface area contributed by atoms with Crippen LogP contribution >= 0.6 is 11.8 Å². The molecule has 2 unspecified atom stereocenters. The summed E-state index contributed by atoms with van der Waals surface area (Å²) in [4.78, 5) is 23.8. The number of aryl methyl sites for hydroxylation is 1. The van der Waals surface area contributed by atoms with E-state index in [-0.39, 0.29) is 18.0 Å². The summed E-state index contributed by atoms with van der Waals surface area (Å²) >= 11 is 1.96. The van der Waals surface area contributed by atoms with Crippen molar-refractivity contribution in [2.24, 2.45) is 5.92 Å². The predicted molar refractivity (Wildman–Crippen MR) is 88.7 cm³/mol. The smallest absolute Gasteiger partial charge is 0.237 e. The summed E-state index contributed by atoms with van der Waals surface area (Å²) < 4.78 is 0. The van der Waals surface area contributed by atoms with Crippen molar-refractivity contribution in [2.45, 2.75) is 38.8 Å². The molecule has 2 aliphatic rings. The fourth-order valence-corrected chi connectivity index (χ4v) is 3.78. The molecular formula is C16H24N4OS. The molecule has 0 bridgehead atoms. The Hall–Kier alpha value is -1.14. The third kappa shape index (κ3) is 3.79. The highest BCUT2D eigenvalue weighted by Gasteiger charge is 2.36. The topological polar surface area (TPSA) is 58.1 Å². The van der Waals surface area contributed by atoms with E-state index < -0.39 is 0 Å². The number of nitrogens with zero attached hydrogens (tertiary/aromatic N) is 3.